The summed E-state index contributed by atoms with van der Waals surface area (Å²) in [6.45, 7) is 0.834. The quantitative estimate of drug-likeness (QED) is 0.785. The van der Waals surface area contributed by atoms with Crippen molar-refractivity contribution in [3.8, 4) is 5.88 Å². The Morgan fingerprint density at radius 3 is 3.22 bits per heavy atom. The summed E-state index contributed by atoms with van der Waals surface area (Å²) in [6.07, 6.45) is 6.90. The standard InChI is InChI=1S/C11H19N3O2S2/c1-17-10-3-2-8(4-10)12-5-9(15)7-16-11-6-13-18-14-11/h6,8-10,12,15H,2-5,7H2,1H3. The minimum absolute atomic E-state index is 0.261. The Balaban J connectivity index is 1.59. The zero-order chi connectivity index (χ0) is 12.8. The van der Waals surface area contributed by atoms with Crippen LogP contribution in [0.2, 0.25) is 0 Å². The van der Waals surface area contributed by atoms with Gasteiger partial charge in [-0.2, -0.15) is 16.1 Å². The first-order valence-electron chi connectivity index (χ1n) is 6.12. The predicted octanol–water partition coefficient (Wildman–Crippen LogP) is 1.15. The largest absolute Gasteiger partial charge is 0.473 e. The van der Waals surface area contributed by atoms with E-state index in [0.717, 1.165) is 17.0 Å². The van der Waals surface area contributed by atoms with Crippen LogP contribution in [0.5, 0.6) is 5.88 Å². The zero-order valence-electron chi connectivity index (χ0n) is 10.4. The maximum Gasteiger partial charge on any atom is 0.245 e. The van der Waals surface area contributed by atoms with Gasteiger partial charge in [0.2, 0.25) is 5.88 Å². The van der Waals surface area contributed by atoms with Crippen LogP contribution < -0.4 is 10.1 Å². The topological polar surface area (TPSA) is 67.3 Å². The number of aliphatic hydroxyl groups is 1. The fourth-order valence-electron chi connectivity index (χ4n) is 2.10. The molecule has 3 atom stereocenters. The summed E-state index contributed by atoms with van der Waals surface area (Å²) in [5, 5.41) is 14.0. The summed E-state index contributed by atoms with van der Waals surface area (Å²) >= 11 is 3.04. The van der Waals surface area contributed by atoms with Gasteiger partial charge in [0, 0.05) is 17.8 Å². The van der Waals surface area contributed by atoms with Crippen LogP contribution >= 0.6 is 23.5 Å². The minimum atomic E-state index is -0.500. The van der Waals surface area contributed by atoms with Gasteiger partial charge in [-0.1, -0.05) is 0 Å². The van der Waals surface area contributed by atoms with E-state index in [1.807, 2.05) is 11.8 Å². The van der Waals surface area contributed by atoms with Gasteiger partial charge in [-0.05, 0) is 25.5 Å². The van der Waals surface area contributed by atoms with Crippen molar-refractivity contribution in [2.45, 2.75) is 36.7 Å². The molecule has 1 saturated carbocycles. The first-order valence-corrected chi connectivity index (χ1v) is 8.14. The van der Waals surface area contributed by atoms with Gasteiger partial charge in [0.25, 0.3) is 0 Å². The molecular formula is C11H19N3O2S2. The molecular weight excluding hydrogens is 270 g/mol. The molecule has 2 rings (SSSR count). The second-order valence-electron chi connectivity index (χ2n) is 4.49. The average Bonchev–Trinajstić information content (AvgIpc) is 3.04. The highest BCUT2D eigenvalue weighted by atomic mass is 32.2. The number of ether oxygens (including phenoxy) is 1. The number of aromatic nitrogens is 2. The molecule has 5 nitrogen and oxygen atoms in total. The van der Waals surface area contributed by atoms with E-state index in [4.69, 9.17) is 4.74 Å². The van der Waals surface area contributed by atoms with Crippen LogP contribution in [0.1, 0.15) is 19.3 Å². The minimum Gasteiger partial charge on any atom is -0.473 e. The third-order valence-corrected chi connectivity index (χ3v) is 4.68. The Morgan fingerprint density at radius 2 is 2.56 bits per heavy atom. The molecule has 1 aliphatic rings. The molecule has 3 unspecified atom stereocenters. The first kappa shape index (κ1) is 14.0. The summed E-state index contributed by atoms with van der Waals surface area (Å²) in [5.41, 5.74) is 0. The monoisotopic (exact) mass is 289 g/mol. The lowest BCUT2D eigenvalue weighted by Crippen LogP contribution is -2.37. The van der Waals surface area contributed by atoms with E-state index in [9.17, 15) is 5.11 Å². The second kappa shape index (κ2) is 7.28. The first-order chi connectivity index (χ1) is 8.78. The second-order valence-corrected chi connectivity index (χ2v) is 6.18. The number of hydrogen-bond donors (Lipinski definition) is 2. The third kappa shape index (κ3) is 4.38. The van der Waals surface area contributed by atoms with Gasteiger partial charge in [0.1, 0.15) is 18.9 Å². The van der Waals surface area contributed by atoms with Crippen molar-refractivity contribution >= 4 is 23.5 Å². The van der Waals surface area contributed by atoms with E-state index in [0.29, 0.717) is 18.5 Å². The van der Waals surface area contributed by atoms with Gasteiger partial charge < -0.3 is 15.2 Å². The lowest BCUT2D eigenvalue weighted by molar-refractivity contribution is 0.102. The number of nitrogens with one attached hydrogen (secondary N) is 1. The van der Waals surface area contributed by atoms with Gasteiger partial charge >= 0.3 is 0 Å². The summed E-state index contributed by atoms with van der Waals surface area (Å²) in [7, 11) is 0. The number of aliphatic hydroxyl groups excluding tert-OH is 1. The summed E-state index contributed by atoms with van der Waals surface area (Å²) in [6, 6.07) is 0.540. The highest BCUT2D eigenvalue weighted by molar-refractivity contribution is 7.99. The molecule has 1 heterocycles. The Hall–Kier alpha value is -0.370. The maximum atomic E-state index is 9.79. The molecule has 1 aromatic rings. The molecule has 1 aromatic heterocycles. The van der Waals surface area contributed by atoms with Crippen molar-refractivity contribution < 1.29 is 9.84 Å². The van der Waals surface area contributed by atoms with Crippen LogP contribution in [0, 0.1) is 0 Å². The Labute approximate surface area is 116 Å². The number of nitrogens with zero attached hydrogens (tertiary/aromatic N) is 2. The van der Waals surface area contributed by atoms with Crippen LogP contribution in [0.3, 0.4) is 0 Å². The Kier molecular flexibility index (Phi) is 5.68. The van der Waals surface area contributed by atoms with Gasteiger partial charge in [-0.25, -0.2) is 0 Å². The fraction of sp³-hybridized carbons (Fsp3) is 0.818. The molecule has 0 amide bonds. The molecule has 1 aliphatic carbocycles. The zero-order valence-corrected chi connectivity index (χ0v) is 12.0. The molecule has 0 aliphatic heterocycles. The molecule has 2 N–H and O–H groups in total. The molecule has 0 aromatic carbocycles. The van der Waals surface area contributed by atoms with E-state index >= 15 is 0 Å². The highest BCUT2D eigenvalue weighted by Crippen LogP contribution is 2.27. The average molecular weight is 289 g/mol. The van der Waals surface area contributed by atoms with Crippen molar-refractivity contribution in [3.05, 3.63) is 6.20 Å². The lowest BCUT2D eigenvalue weighted by Gasteiger charge is -2.16. The van der Waals surface area contributed by atoms with E-state index in [-0.39, 0.29) is 6.61 Å². The van der Waals surface area contributed by atoms with E-state index in [1.165, 1.54) is 19.3 Å². The normalized spacial score (nSPS) is 25.2. The van der Waals surface area contributed by atoms with E-state index in [1.54, 1.807) is 6.20 Å². The lowest BCUT2D eigenvalue weighted by atomic mass is 10.2. The van der Waals surface area contributed by atoms with Crippen molar-refractivity contribution in [3.63, 3.8) is 0 Å². The van der Waals surface area contributed by atoms with Gasteiger partial charge in [-0.3, -0.25) is 0 Å². The van der Waals surface area contributed by atoms with Crippen molar-refractivity contribution in [1.82, 2.24) is 14.1 Å². The van der Waals surface area contributed by atoms with Gasteiger partial charge in [-0.15, -0.1) is 4.37 Å². The van der Waals surface area contributed by atoms with Crippen LogP contribution in [0.4, 0.5) is 0 Å². The predicted molar refractivity (Wildman–Crippen MR) is 74.4 cm³/mol. The Morgan fingerprint density at radius 1 is 1.67 bits per heavy atom. The highest BCUT2D eigenvalue weighted by Gasteiger charge is 2.23. The van der Waals surface area contributed by atoms with Crippen molar-refractivity contribution in [2.75, 3.05) is 19.4 Å². The van der Waals surface area contributed by atoms with Crippen molar-refractivity contribution in [1.29, 1.82) is 0 Å². The number of rotatable bonds is 7. The van der Waals surface area contributed by atoms with Crippen molar-refractivity contribution in [2.24, 2.45) is 0 Å². The SMILES string of the molecule is CSC1CCC(NCC(O)COc2cnsn2)C1. The molecule has 0 bridgehead atoms. The molecule has 1 fully saturated rings. The van der Waals surface area contributed by atoms with Crippen LogP contribution in [-0.2, 0) is 0 Å². The van der Waals surface area contributed by atoms with Crippen LogP contribution in [0.25, 0.3) is 0 Å². The fourth-order valence-corrected chi connectivity index (χ4v) is 3.26. The Bertz CT molecular complexity index is 337. The van der Waals surface area contributed by atoms with E-state index in [2.05, 4.69) is 20.3 Å². The van der Waals surface area contributed by atoms with Gasteiger partial charge in [0.05, 0.1) is 11.7 Å². The summed E-state index contributed by atoms with van der Waals surface area (Å²) < 4.78 is 13.1. The number of thioether (sulfide) groups is 1. The molecule has 18 heavy (non-hydrogen) atoms. The smallest absolute Gasteiger partial charge is 0.245 e. The third-order valence-electron chi connectivity index (χ3n) is 3.12. The molecule has 0 spiro atoms. The number of hydrogen-bond acceptors (Lipinski definition) is 7. The molecule has 102 valence electrons. The molecule has 7 heteroatoms. The van der Waals surface area contributed by atoms with E-state index < -0.39 is 6.10 Å². The summed E-state index contributed by atoms with van der Waals surface area (Å²) in [5.74, 6) is 0.488. The van der Waals surface area contributed by atoms with Crippen LogP contribution in [-0.4, -0.2) is 50.7 Å². The summed E-state index contributed by atoms with van der Waals surface area (Å²) in [4.78, 5) is 0. The molecule has 0 radical (unpaired) electrons. The maximum absolute atomic E-state index is 9.79. The van der Waals surface area contributed by atoms with Crippen LogP contribution in [0.15, 0.2) is 6.20 Å². The molecule has 0 saturated heterocycles. The van der Waals surface area contributed by atoms with Gasteiger partial charge in [0.15, 0.2) is 0 Å².